The highest BCUT2D eigenvalue weighted by Crippen LogP contribution is 2.29. The van der Waals surface area contributed by atoms with Gasteiger partial charge in [-0.15, -0.1) is 0 Å². The van der Waals surface area contributed by atoms with Gasteiger partial charge in [0.1, 0.15) is 11.3 Å². The lowest BCUT2D eigenvalue weighted by Crippen LogP contribution is -2.36. The van der Waals surface area contributed by atoms with E-state index >= 15 is 0 Å². The minimum absolute atomic E-state index is 0.233. The Kier molecular flexibility index (Phi) is 5.39. The molecule has 0 unspecified atom stereocenters. The van der Waals surface area contributed by atoms with Gasteiger partial charge in [-0.1, -0.05) is 36.4 Å². The monoisotopic (exact) mass is 403 g/mol. The number of nitrogens with one attached hydrogen (secondary N) is 2. The van der Waals surface area contributed by atoms with Crippen molar-refractivity contribution in [1.82, 2.24) is 20.5 Å². The van der Waals surface area contributed by atoms with Crippen LogP contribution in [0.5, 0.6) is 0 Å². The molecule has 2 N–H and O–H groups in total. The minimum Gasteiger partial charge on any atom is -0.454 e. The Balaban J connectivity index is 1.70. The molecule has 0 aliphatic carbocycles. The topological polar surface area (TPSA) is 67.4 Å². The predicted octanol–water partition coefficient (Wildman–Crippen LogP) is 4.49. The van der Waals surface area contributed by atoms with Crippen molar-refractivity contribution in [3.05, 3.63) is 72.4 Å². The summed E-state index contributed by atoms with van der Waals surface area (Å²) in [6.45, 7) is 4.03. The average Bonchev–Trinajstić information content (AvgIpc) is 3.32. The van der Waals surface area contributed by atoms with E-state index in [0.717, 1.165) is 22.2 Å². The van der Waals surface area contributed by atoms with E-state index in [0.29, 0.717) is 16.6 Å². The normalized spacial score (nSPS) is 11.4. The molecule has 0 fully saturated rings. The molecule has 6 nitrogen and oxygen atoms in total. The van der Waals surface area contributed by atoms with Crippen molar-refractivity contribution >= 4 is 34.5 Å². The molecule has 146 valence electrons. The zero-order valence-corrected chi connectivity index (χ0v) is 17.0. The highest BCUT2D eigenvalue weighted by atomic mass is 32.1. The molecule has 2 heterocycles. The summed E-state index contributed by atoms with van der Waals surface area (Å²) >= 11 is 5.22. The molecule has 0 aliphatic rings. The summed E-state index contributed by atoms with van der Waals surface area (Å²) in [5, 5.41) is 13.6. The average molecular weight is 404 g/mol. The van der Waals surface area contributed by atoms with E-state index in [1.165, 1.54) is 0 Å². The molecule has 4 rings (SSSR count). The Bertz CT molecular complexity index is 1130. The van der Waals surface area contributed by atoms with Gasteiger partial charge in [0.15, 0.2) is 10.9 Å². The van der Waals surface area contributed by atoms with E-state index in [2.05, 4.69) is 15.8 Å². The number of para-hydroxylation sites is 2. The maximum atomic E-state index is 6.03. The van der Waals surface area contributed by atoms with Crippen molar-refractivity contribution in [1.29, 1.82) is 0 Å². The summed E-state index contributed by atoms with van der Waals surface area (Å²) in [4.78, 5) is 0. The number of hydrogen-bond donors (Lipinski definition) is 2. The van der Waals surface area contributed by atoms with Gasteiger partial charge in [0.2, 0.25) is 0 Å². The number of benzene rings is 2. The molecule has 0 saturated heterocycles. The van der Waals surface area contributed by atoms with Crippen LogP contribution in [0.3, 0.4) is 0 Å². The zero-order chi connectivity index (χ0) is 20.2. The molecule has 2 aromatic heterocycles. The van der Waals surface area contributed by atoms with Crippen LogP contribution in [0.1, 0.15) is 19.4 Å². The smallest absolute Gasteiger partial charge is 0.187 e. The highest BCUT2D eigenvalue weighted by Gasteiger charge is 2.15. The first-order valence-corrected chi connectivity index (χ1v) is 9.74. The van der Waals surface area contributed by atoms with E-state index in [-0.39, 0.29) is 6.04 Å². The van der Waals surface area contributed by atoms with Crippen molar-refractivity contribution < 1.29 is 4.42 Å². The summed E-state index contributed by atoms with van der Waals surface area (Å²) in [7, 11) is 0. The first-order chi connectivity index (χ1) is 14.1. The number of furan rings is 1. The van der Waals surface area contributed by atoms with Gasteiger partial charge in [0.05, 0.1) is 11.9 Å². The van der Waals surface area contributed by atoms with Crippen molar-refractivity contribution in [2.75, 3.05) is 0 Å². The minimum atomic E-state index is 0.233. The molecule has 0 atom stereocenters. The fourth-order valence-corrected chi connectivity index (χ4v) is 3.23. The van der Waals surface area contributed by atoms with Crippen molar-refractivity contribution in [2.24, 2.45) is 5.10 Å². The first-order valence-electron chi connectivity index (χ1n) is 9.34. The quantitative estimate of drug-likeness (QED) is 0.292. The van der Waals surface area contributed by atoms with E-state index < -0.39 is 0 Å². The fourth-order valence-electron chi connectivity index (χ4n) is 2.94. The standard InChI is InChI=1S/C22H21N5OS/c1-15(2)24-22(29)25-23-13-17-14-27(18-9-4-3-5-10-18)26-21(17)20-12-16-8-6-7-11-19(16)28-20/h3-15H,1-2H3,(H2,24,25,29)/b23-13-. The molecular formula is C22H21N5OS. The third kappa shape index (κ3) is 4.35. The molecule has 0 aliphatic heterocycles. The summed E-state index contributed by atoms with van der Waals surface area (Å²) in [6.07, 6.45) is 3.62. The number of nitrogens with zero attached hydrogens (tertiary/aromatic N) is 3. The first kappa shape index (κ1) is 18.9. The third-order valence-corrected chi connectivity index (χ3v) is 4.42. The van der Waals surface area contributed by atoms with Crippen LogP contribution in [-0.4, -0.2) is 27.1 Å². The van der Waals surface area contributed by atoms with Crippen LogP contribution < -0.4 is 10.7 Å². The molecule has 7 heteroatoms. The summed E-state index contributed by atoms with van der Waals surface area (Å²) in [6, 6.07) is 20.0. The molecular weight excluding hydrogens is 382 g/mol. The van der Waals surface area contributed by atoms with E-state index in [1.54, 1.807) is 6.21 Å². The number of hydrogen-bond acceptors (Lipinski definition) is 4. The third-order valence-electron chi connectivity index (χ3n) is 4.21. The summed E-state index contributed by atoms with van der Waals surface area (Å²) < 4.78 is 7.84. The number of fused-ring (bicyclic) bond motifs is 1. The SMILES string of the molecule is CC(C)NC(=S)N/N=C\c1cn(-c2ccccc2)nc1-c1cc2ccccc2o1. The lowest BCUT2D eigenvalue weighted by molar-refractivity contribution is 0.627. The predicted molar refractivity (Wildman–Crippen MR) is 120 cm³/mol. The number of thiocarbonyl (C=S) groups is 1. The second-order valence-electron chi connectivity index (χ2n) is 6.86. The Hall–Kier alpha value is -3.45. The van der Waals surface area contributed by atoms with Gasteiger partial charge in [-0.25, -0.2) is 4.68 Å². The van der Waals surface area contributed by atoms with E-state index in [9.17, 15) is 0 Å². The molecule has 2 aromatic carbocycles. The van der Waals surface area contributed by atoms with Crippen LogP contribution in [0.2, 0.25) is 0 Å². The molecule has 0 saturated carbocycles. The van der Waals surface area contributed by atoms with E-state index in [4.69, 9.17) is 21.7 Å². The second-order valence-corrected chi connectivity index (χ2v) is 7.27. The summed E-state index contributed by atoms with van der Waals surface area (Å²) in [5.74, 6) is 0.685. The van der Waals surface area contributed by atoms with Gasteiger partial charge >= 0.3 is 0 Å². The van der Waals surface area contributed by atoms with Gasteiger partial charge < -0.3 is 9.73 Å². The van der Waals surface area contributed by atoms with Crippen molar-refractivity contribution in [3.63, 3.8) is 0 Å². The second kappa shape index (κ2) is 8.28. The van der Waals surface area contributed by atoms with Crippen LogP contribution in [0.15, 0.2) is 76.4 Å². The summed E-state index contributed by atoms with van der Waals surface area (Å²) in [5.41, 5.74) is 6.13. The highest BCUT2D eigenvalue weighted by molar-refractivity contribution is 7.80. The van der Waals surface area contributed by atoms with Gasteiger partial charge in [0.25, 0.3) is 0 Å². The lowest BCUT2D eigenvalue weighted by Gasteiger charge is -2.09. The number of rotatable bonds is 5. The van der Waals surface area contributed by atoms with Gasteiger partial charge in [-0.05, 0) is 50.3 Å². The van der Waals surface area contributed by atoms with Crippen LogP contribution in [0, 0.1) is 0 Å². The van der Waals surface area contributed by atoms with Crippen LogP contribution in [0.4, 0.5) is 0 Å². The number of aromatic nitrogens is 2. The van der Waals surface area contributed by atoms with E-state index in [1.807, 2.05) is 85.4 Å². The van der Waals surface area contributed by atoms with Crippen molar-refractivity contribution in [3.8, 4) is 17.1 Å². The molecule has 0 radical (unpaired) electrons. The molecule has 4 aromatic rings. The number of hydrazone groups is 1. The zero-order valence-electron chi connectivity index (χ0n) is 16.2. The van der Waals surface area contributed by atoms with Gasteiger partial charge in [0, 0.05) is 23.2 Å². The Morgan fingerprint density at radius 2 is 1.90 bits per heavy atom. The van der Waals surface area contributed by atoms with Gasteiger partial charge in [-0.3, -0.25) is 5.43 Å². The van der Waals surface area contributed by atoms with Crippen LogP contribution in [0.25, 0.3) is 28.1 Å². The van der Waals surface area contributed by atoms with Crippen LogP contribution in [-0.2, 0) is 0 Å². The largest absolute Gasteiger partial charge is 0.454 e. The maximum absolute atomic E-state index is 6.03. The van der Waals surface area contributed by atoms with Crippen LogP contribution >= 0.6 is 12.2 Å². The molecule has 0 bridgehead atoms. The Labute approximate surface area is 174 Å². The van der Waals surface area contributed by atoms with Crippen molar-refractivity contribution in [2.45, 2.75) is 19.9 Å². The molecule has 0 amide bonds. The molecule has 0 spiro atoms. The fraction of sp³-hybridized carbons (Fsp3) is 0.136. The Morgan fingerprint density at radius 1 is 1.14 bits per heavy atom. The maximum Gasteiger partial charge on any atom is 0.187 e. The lowest BCUT2D eigenvalue weighted by atomic mass is 10.2. The Morgan fingerprint density at radius 3 is 2.66 bits per heavy atom. The van der Waals surface area contributed by atoms with Gasteiger partial charge in [-0.2, -0.15) is 10.2 Å². The molecule has 29 heavy (non-hydrogen) atoms.